The minimum Gasteiger partial charge on any atom is -0.395 e. The van der Waals surface area contributed by atoms with Gasteiger partial charge < -0.3 is 10.0 Å². The summed E-state index contributed by atoms with van der Waals surface area (Å²) in [5.74, 6) is 3.14. The first-order valence-electron chi connectivity index (χ1n) is 5.16. The van der Waals surface area contributed by atoms with E-state index in [9.17, 15) is 4.79 Å². The van der Waals surface area contributed by atoms with Gasteiger partial charge in [-0.05, 0) is 30.3 Å². The van der Waals surface area contributed by atoms with Gasteiger partial charge in [0.2, 0.25) is 5.91 Å². The van der Waals surface area contributed by atoms with Gasteiger partial charge in [-0.3, -0.25) is 4.79 Å². The van der Waals surface area contributed by atoms with Crippen molar-refractivity contribution in [2.45, 2.75) is 19.3 Å². The fourth-order valence-electron chi connectivity index (χ4n) is 1.63. The summed E-state index contributed by atoms with van der Waals surface area (Å²) in [6.07, 6.45) is 3.00. The van der Waals surface area contributed by atoms with Gasteiger partial charge in [0, 0.05) is 20.0 Å². The second-order valence-corrected chi connectivity index (χ2v) is 5.02. The number of nitrogens with zero attached hydrogens (tertiary/aromatic N) is 1. The van der Waals surface area contributed by atoms with Crippen LogP contribution in [-0.4, -0.2) is 47.6 Å². The average Bonchev–Trinajstić information content (AvgIpc) is 2.19. The first-order valence-corrected chi connectivity index (χ1v) is 6.32. The molecule has 82 valence electrons. The van der Waals surface area contributed by atoms with Crippen molar-refractivity contribution < 1.29 is 9.90 Å². The molecule has 0 unspecified atom stereocenters. The van der Waals surface area contributed by atoms with Crippen LogP contribution >= 0.6 is 11.8 Å². The molecule has 1 rings (SSSR count). The van der Waals surface area contributed by atoms with Crippen LogP contribution in [0.5, 0.6) is 0 Å². The highest BCUT2D eigenvalue weighted by atomic mass is 32.2. The van der Waals surface area contributed by atoms with Crippen LogP contribution in [0.2, 0.25) is 0 Å². The second-order valence-electron chi connectivity index (χ2n) is 3.80. The van der Waals surface area contributed by atoms with Crippen LogP contribution in [0, 0.1) is 5.92 Å². The quantitative estimate of drug-likeness (QED) is 0.763. The van der Waals surface area contributed by atoms with Crippen LogP contribution in [0.25, 0.3) is 0 Å². The molecular weight excluding hydrogens is 198 g/mol. The maximum absolute atomic E-state index is 11.6. The van der Waals surface area contributed by atoms with Crippen LogP contribution in [0.1, 0.15) is 19.3 Å². The lowest BCUT2D eigenvalue weighted by Crippen LogP contribution is -2.31. The molecule has 1 heterocycles. The molecule has 1 N–H and O–H groups in total. The van der Waals surface area contributed by atoms with E-state index in [1.165, 1.54) is 24.3 Å². The van der Waals surface area contributed by atoms with Crippen LogP contribution in [0.4, 0.5) is 0 Å². The molecule has 0 radical (unpaired) electrons. The van der Waals surface area contributed by atoms with E-state index < -0.39 is 0 Å². The predicted octanol–water partition coefficient (Wildman–Crippen LogP) is 0.970. The zero-order chi connectivity index (χ0) is 10.4. The number of aliphatic hydroxyl groups excluding tert-OH is 1. The summed E-state index contributed by atoms with van der Waals surface area (Å²) in [7, 11) is 1.76. The van der Waals surface area contributed by atoms with Crippen molar-refractivity contribution in [1.29, 1.82) is 0 Å². The second kappa shape index (κ2) is 6.30. The number of carbonyl (C=O) groups is 1. The monoisotopic (exact) mass is 217 g/mol. The zero-order valence-electron chi connectivity index (χ0n) is 8.74. The Kier molecular flexibility index (Phi) is 5.33. The third kappa shape index (κ3) is 3.88. The summed E-state index contributed by atoms with van der Waals surface area (Å²) in [6.45, 7) is 0.517. The number of hydrogen-bond acceptors (Lipinski definition) is 3. The Morgan fingerprint density at radius 2 is 2.14 bits per heavy atom. The highest BCUT2D eigenvalue weighted by molar-refractivity contribution is 7.99. The fourth-order valence-corrected chi connectivity index (χ4v) is 2.83. The Labute approximate surface area is 89.9 Å². The summed E-state index contributed by atoms with van der Waals surface area (Å²) in [5.41, 5.74) is 0. The third-order valence-corrected chi connectivity index (χ3v) is 3.71. The van der Waals surface area contributed by atoms with Crippen molar-refractivity contribution in [2.24, 2.45) is 5.92 Å². The lowest BCUT2D eigenvalue weighted by Gasteiger charge is -2.23. The molecule has 3 nitrogen and oxygen atoms in total. The molecule has 0 spiro atoms. The lowest BCUT2D eigenvalue weighted by atomic mass is 9.98. The summed E-state index contributed by atoms with van der Waals surface area (Å²) in [5, 5.41) is 8.69. The van der Waals surface area contributed by atoms with Crippen molar-refractivity contribution >= 4 is 17.7 Å². The van der Waals surface area contributed by atoms with E-state index in [1.807, 2.05) is 11.8 Å². The molecule has 1 aliphatic heterocycles. The van der Waals surface area contributed by atoms with Gasteiger partial charge in [0.25, 0.3) is 0 Å². The van der Waals surface area contributed by atoms with Gasteiger partial charge in [0.05, 0.1) is 6.61 Å². The number of rotatable bonds is 4. The van der Waals surface area contributed by atoms with Crippen molar-refractivity contribution in [3.05, 3.63) is 0 Å². The first kappa shape index (κ1) is 11.9. The molecule has 1 amide bonds. The standard InChI is InChI=1S/C10H19NO2S/c1-11(4-5-12)10(13)8-9-2-6-14-7-3-9/h9,12H,2-8H2,1H3. The zero-order valence-corrected chi connectivity index (χ0v) is 9.55. The maximum Gasteiger partial charge on any atom is 0.222 e. The predicted molar refractivity (Wildman–Crippen MR) is 59.4 cm³/mol. The Hall–Kier alpha value is -0.220. The molecule has 0 aliphatic carbocycles. The topological polar surface area (TPSA) is 40.5 Å². The maximum atomic E-state index is 11.6. The Morgan fingerprint density at radius 1 is 1.50 bits per heavy atom. The number of carbonyl (C=O) groups excluding carboxylic acids is 1. The van der Waals surface area contributed by atoms with Crippen LogP contribution in [0.3, 0.4) is 0 Å². The van der Waals surface area contributed by atoms with Crippen LogP contribution in [0.15, 0.2) is 0 Å². The third-order valence-electron chi connectivity index (χ3n) is 2.67. The molecule has 0 aromatic rings. The van der Waals surface area contributed by atoms with Gasteiger partial charge >= 0.3 is 0 Å². The van der Waals surface area contributed by atoms with Gasteiger partial charge in [0.1, 0.15) is 0 Å². The summed E-state index contributed by atoms with van der Waals surface area (Å²) in [4.78, 5) is 13.2. The van der Waals surface area contributed by atoms with E-state index in [0.717, 1.165) is 0 Å². The Bertz CT molecular complexity index is 181. The molecule has 4 heteroatoms. The van der Waals surface area contributed by atoms with Gasteiger partial charge in [-0.25, -0.2) is 0 Å². The lowest BCUT2D eigenvalue weighted by molar-refractivity contribution is -0.131. The van der Waals surface area contributed by atoms with Crippen molar-refractivity contribution in [2.75, 3.05) is 31.7 Å². The highest BCUT2D eigenvalue weighted by Crippen LogP contribution is 2.25. The van der Waals surface area contributed by atoms with Crippen LogP contribution in [-0.2, 0) is 4.79 Å². The van der Waals surface area contributed by atoms with Gasteiger partial charge in [-0.1, -0.05) is 0 Å². The number of thioether (sulfide) groups is 1. The molecule has 1 saturated heterocycles. The smallest absolute Gasteiger partial charge is 0.222 e. The normalized spacial score (nSPS) is 18.1. The van der Waals surface area contributed by atoms with Gasteiger partial charge in [0.15, 0.2) is 0 Å². The molecule has 1 aliphatic rings. The van der Waals surface area contributed by atoms with E-state index in [-0.39, 0.29) is 12.5 Å². The molecule has 0 saturated carbocycles. The summed E-state index contributed by atoms with van der Waals surface area (Å²) < 4.78 is 0. The number of amides is 1. The minimum atomic E-state index is 0.0583. The SMILES string of the molecule is CN(CCO)C(=O)CC1CCSCC1. The van der Waals surface area contributed by atoms with E-state index in [4.69, 9.17) is 5.11 Å². The van der Waals surface area contributed by atoms with Gasteiger partial charge in [-0.2, -0.15) is 11.8 Å². The minimum absolute atomic E-state index is 0.0583. The molecule has 1 fully saturated rings. The first-order chi connectivity index (χ1) is 6.74. The average molecular weight is 217 g/mol. The van der Waals surface area contributed by atoms with E-state index >= 15 is 0 Å². The molecule has 0 bridgehead atoms. The largest absolute Gasteiger partial charge is 0.395 e. The van der Waals surface area contributed by atoms with Crippen molar-refractivity contribution in [3.8, 4) is 0 Å². The summed E-state index contributed by atoms with van der Waals surface area (Å²) in [6, 6.07) is 0. The Morgan fingerprint density at radius 3 is 2.71 bits per heavy atom. The van der Waals surface area contributed by atoms with E-state index in [1.54, 1.807) is 11.9 Å². The fraction of sp³-hybridized carbons (Fsp3) is 0.900. The molecule has 14 heavy (non-hydrogen) atoms. The highest BCUT2D eigenvalue weighted by Gasteiger charge is 2.18. The summed E-state index contributed by atoms with van der Waals surface area (Å²) >= 11 is 1.98. The van der Waals surface area contributed by atoms with E-state index in [0.29, 0.717) is 18.9 Å². The molecular formula is C10H19NO2S. The molecule has 0 aromatic heterocycles. The van der Waals surface area contributed by atoms with Crippen LogP contribution < -0.4 is 0 Å². The Balaban J connectivity index is 2.24. The van der Waals surface area contributed by atoms with E-state index in [2.05, 4.69) is 0 Å². The number of likely N-dealkylation sites (N-methyl/N-ethyl adjacent to an activating group) is 1. The number of hydrogen-bond donors (Lipinski definition) is 1. The van der Waals surface area contributed by atoms with Crippen molar-refractivity contribution in [1.82, 2.24) is 4.90 Å². The molecule has 0 aromatic carbocycles. The number of aliphatic hydroxyl groups is 1. The molecule has 0 atom stereocenters. The van der Waals surface area contributed by atoms with Gasteiger partial charge in [-0.15, -0.1) is 0 Å². The van der Waals surface area contributed by atoms with Crippen molar-refractivity contribution in [3.63, 3.8) is 0 Å².